The van der Waals surface area contributed by atoms with Crippen molar-refractivity contribution in [2.75, 3.05) is 0 Å². The summed E-state index contributed by atoms with van der Waals surface area (Å²) in [6.07, 6.45) is 1.49. The van der Waals surface area contributed by atoms with E-state index in [4.69, 9.17) is 11.6 Å². The van der Waals surface area contributed by atoms with E-state index in [9.17, 15) is 4.79 Å². The van der Waals surface area contributed by atoms with Gasteiger partial charge in [0.1, 0.15) is 20.3 Å². The van der Waals surface area contributed by atoms with E-state index in [-0.39, 0.29) is 12.1 Å². The Morgan fingerprint density at radius 1 is 1.45 bits per heavy atom. The highest BCUT2D eigenvalue weighted by molar-refractivity contribution is 9.10. The normalized spacial score (nSPS) is 11.2. The third-order valence-electron chi connectivity index (χ3n) is 2.83. The molecule has 5 nitrogen and oxygen atoms in total. The smallest absolute Gasteiger partial charge is 0.268 e. The Morgan fingerprint density at radius 3 is 3.05 bits per heavy atom. The minimum Gasteiger partial charge on any atom is -0.288 e. The Kier molecular flexibility index (Phi) is 3.57. The van der Waals surface area contributed by atoms with Crippen LogP contribution >= 0.6 is 38.9 Å². The molecule has 0 radical (unpaired) electrons. The zero-order valence-corrected chi connectivity index (χ0v) is 13.5. The maximum absolute atomic E-state index is 12.1. The zero-order valence-electron chi connectivity index (χ0n) is 10.3. The first kappa shape index (κ1) is 13.7. The van der Waals surface area contributed by atoms with Crippen LogP contribution in [0.3, 0.4) is 0 Å². The lowest BCUT2D eigenvalue weighted by Gasteiger charge is -2.08. The van der Waals surface area contributed by atoms with Crippen LogP contribution in [0.1, 0.15) is 11.6 Å². The van der Waals surface area contributed by atoms with Crippen LogP contribution in [0.5, 0.6) is 0 Å². The molecule has 0 atom stereocenters. The van der Waals surface area contributed by atoms with Crippen LogP contribution in [0.25, 0.3) is 10.2 Å². The minimum atomic E-state index is -0.163. The van der Waals surface area contributed by atoms with E-state index in [2.05, 4.69) is 30.9 Å². The molecule has 0 amide bonds. The van der Waals surface area contributed by atoms with E-state index in [0.717, 1.165) is 10.2 Å². The lowest BCUT2D eigenvalue weighted by atomic mass is 10.4. The quantitative estimate of drug-likeness (QED) is 0.650. The molecule has 0 N–H and O–H groups in total. The number of fused-ring (bicyclic) bond motifs is 1. The highest BCUT2D eigenvalue weighted by atomic mass is 79.9. The van der Waals surface area contributed by atoms with Gasteiger partial charge >= 0.3 is 0 Å². The van der Waals surface area contributed by atoms with Crippen LogP contribution < -0.4 is 5.56 Å². The van der Waals surface area contributed by atoms with Crippen LogP contribution in [-0.2, 0) is 6.54 Å². The van der Waals surface area contributed by atoms with Crippen molar-refractivity contribution in [1.82, 2.24) is 19.5 Å². The highest BCUT2D eigenvalue weighted by Gasteiger charge is 2.11. The van der Waals surface area contributed by atoms with E-state index in [0.29, 0.717) is 21.3 Å². The van der Waals surface area contributed by atoms with E-state index >= 15 is 0 Å². The summed E-state index contributed by atoms with van der Waals surface area (Å²) >= 11 is 10.8. The number of aromatic nitrogens is 4. The van der Waals surface area contributed by atoms with Gasteiger partial charge in [-0.3, -0.25) is 9.36 Å². The Balaban J connectivity index is 2.10. The fourth-order valence-corrected chi connectivity index (χ4v) is 3.22. The molecule has 0 saturated carbocycles. The predicted molar refractivity (Wildman–Crippen MR) is 82.5 cm³/mol. The van der Waals surface area contributed by atoms with Crippen molar-refractivity contribution in [3.63, 3.8) is 0 Å². The lowest BCUT2D eigenvalue weighted by Crippen LogP contribution is -2.25. The molecule has 0 aliphatic rings. The largest absolute Gasteiger partial charge is 0.288 e. The zero-order chi connectivity index (χ0) is 14.3. The molecule has 0 bridgehead atoms. The topological polar surface area (TPSA) is 60.7 Å². The second kappa shape index (κ2) is 5.23. The molecule has 0 unspecified atom stereocenters. The molecule has 0 saturated heterocycles. The van der Waals surface area contributed by atoms with Crippen LogP contribution in [-0.4, -0.2) is 19.5 Å². The number of hydrogen-bond acceptors (Lipinski definition) is 5. The van der Waals surface area contributed by atoms with Gasteiger partial charge in [0, 0.05) is 11.6 Å². The number of aryl methyl sites for hydroxylation is 1. The van der Waals surface area contributed by atoms with Crippen LogP contribution in [0.4, 0.5) is 0 Å². The fourth-order valence-electron chi connectivity index (χ4n) is 1.81. The van der Waals surface area contributed by atoms with Gasteiger partial charge < -0.3 is 0 Å². The van der Waals surface area contributed by atoms with Gasteiger partial charge in [0.25, 0.3) is 5.56 Å². The molecule has 8 heteroatoms. The van der Waals surface area contributed by atoms with Gasteiger partial charge in [-0.15, -0.1) is 11.3 Å². The summed E-state index contributed by atoms with van der Waals surface area (Å²) in [6.45, 7) is 2.00. The average Bonchev–Trinajstić information content (AvgIpc) is 2.88. The number of nitrogens with zero attached hydrogens (tertiary/aromatic N) is 4. The Bertz CT molecular complexity index is 860. The third-order valence-corrected chi connectivity index (χ3v) is 4.47. The van der Waals surface area contributed by atoms with E-state index in [1.54, 1.807) is 6.92 Å². The summed E-state index contributed by atoms with van der Waals surface area (Å²) in [5.41, 5.74) is -0.163. The van der Waals surface area contributed by atoms with Gasteiger partial charge in [-0.25, -0.2) is 15.0 Å². The SMILES string of the molecule is Cc1ncc(Br)c(=O)n1Cc1nc(Cl)c2ccsc2n1. The molecule has 0 fully saturated rings. The van der Waals surface area contributed by atoms with Gasteiger partial charge in [-0.05, 0) is 34.3 Å². The number of rotatable bonds is 2. The summed E-state index contributed by atoms with van der Waals surface area (Å²) in [5.74, 6) is 1.10. The van der Waals surface area contributed by atoms with Crippen molar-refractivity contribution in [3.05, 3.63) is 49.3 Å². The molecule has 3 rings (SSSR count). The standard InChI is InChI=1S/C12H8BrClN4OS/c1-6-15-4-8(13)12(19)18(6)5-9-16-10(14)7-2-3-20-11(7)17-9/h2-4H,5H2,1H3. The maximum atomic E-state index is 12.1. The summed E-state index contributed by atoms with van der Waals surface area (Å²) in [6, 6.07) is 1.88. The molecule has 102 valence electrons. The first-order valence-electron chi connectivity index (χ1n) is 5.68. The summed E-state index contributed by atoms with van der Waals surface area (Å²) in [4.78, 5) is 25.7. The van der Waals surface area contributed by atoms with Crippen LogP contribution in [0.2, 0.25) is 5.15 Å². The molecule has 3 aromatic heterocycles. The third kappa shape index (κ3) is 2.36. The van der Waals surface area contributed by atoms with Crippen molar-refractivity contribution in [1.29, 1.82) is 0 Å². The van der Waals surface area contributed by atoms with Gasteiger partial charge in [-0.1, -0.05) is 11.6 Å². The molecule has 0 aliphatic carbocycles. The van der Waals surface area contributed by atoms with Crippen LogP contribution in [0.15, 0.2) is 26.9 Å². The molecule has 3 heterocycles. The first-order valence-corrected chi connectivity index (χ1v) is 7.73. The van der Waals surface area contributed by atoms with Crippen molar-refractivity contribution >= 4 is 49.1 Å². The highest BCUT2D eigenvalue weighted by Crippen LogP contribution is 2.24. The molecular weight excluding hydrogens is 364 g/mol. The van der Waals surface area contributed by atoms with Crippen molar-refractivity contribution in [2.24, 2.45) is 0 Å². The lowest BCUT2D eigenvalue weighted by molar-refractivity contribution is 0.668. The second-order valence-electron chi connectivity index (χ2n) is 4.11. The summed E-state index contributed by atoms with van der Waals surface area (Å²) < 4.78 is 1.92. The summed E-state index contributed by atoms with van der Waals surface area (Å²) in [5, 5.41) is 3.14. The molecular formula is C12H8BrClN4OS. The number of hydrogen-bond donors (Lipinski definition) is 0. The summed E-state index contributed by atoms with van der Waals surface area (Å²) in [7, 11) is 0. The molecule has 20 heavy (non-hydrogen) atoms. The van der Waals surface area contributed by atoms with E-state index in [1.165, 1.54) is 22.1 Å². The minimum absolute atomic E-state index is 0.163. The molecule has 0 aliphatic heterocycles. The van der Waals surface area contributed by atoms with Crippen LogP contribution in [0, 0.1) is 6.92 Å². The number of halogens is 2. The predicted octanol–water partition coefficient (Wildman–Crippen LogP) is 3.02. The van der Waals surface area contributed by atoms with Crippen molar-refractivity contribution < 1.29 is 0 Å². The van der Waals surface area contributed by atoms with E-state index < -0.39 is 0 Å². The van der Waals surface area contributed by atoms with Gasteiger partial charge in [0.15, 0.2) is 5.82 Å². The first-order chi connectivity index (χ1) is 9.56. The van der Waals surface area contributed by atoms with Crippen molar-refractivity contribution in [3.8, 4) is 0 Å². The maximum Gasteiger partial charge on any atom is 0.268 e. The van der Waals surface area contributed by atoms with E-state index in [1.807, 2.05) is 11.4 Å². The molecule has 3 aromatic rings. The molecule has 0 spiro atoms. The fraction of sp³-hybridized carbons (Fsp3) is 0.167. The Hall–Kier alpha value is -1.31. The van der Waals surface area contributed by atoms with Gasteiger partial charge in [0.05, 0.1) is 6.54 Å². The number of thiophene rings is 1. The molecule has 0 aromatic carbocycles. The monoisotopic (exact) mass is 370 g/mol. The van der Waals surface area contributed by atoms with Gasteiger partial charge in [-0.2, -0.15) is 0 Å². The Morgan fingerprint density at radius 2 is 2.25 bits per heavy atom. The van der Waals surface area contributed by atoms with Crippen molar-refractivity contribution in [2.45, 2.75) is 13.5 Å². The average molecular weight is 372 g/mol. The Labute approximate surface area is 131 Å². The van der Waals surface area contributed by atoms with Gasteiger partial charge in [0.2, 0.25) is 0 Å². The second-order valence-corrected chi connectivity index (χ2v) is 6.22.